The molecule has 9 heteroatoms. The third-order valence-electron chi connectivity index (χ3n) is 6.16. The predicted octanol–water partition coefficient (Wildman–Crippen LogP) is -0.240. The van der Waals surface area contributed by atoms with Crippen LogP contribution in [0.1, 0.15) is 19.8 Å². The first-order valence-electron chi connectivity index (χ1n) is 10.4. The summed E-state index contributed by atoms with van der Waals surface area (Å²) in [5, 5.41) is 9.53. The van der Waals surface area contributed by atoms with Crippen LogP contribution in [-0.4, -0.2) is 94.8 Å². The van der Waals surface area contributed by atoms with Crippen molar-refractivity contribution in [2.75, 3.05) is 50.8 Å². The van der Waals surface area contributed by atoms with Crippen LogP contribution >= 0.6 is 0 Å². The van der Waals surface area contributed by atoms with Crippen LogP contribution in [0.5, 0.6) is 0 Å². The molecule has 2 atom stereocenters. The van der Waals surface area contributed by atoms with Crippen LogP contribution in [0, 0.1) is 11.8 Å². The van der Waals surface area contributed by atoms with Crippen molar-refractivity contribution in [2.24, 2.45) is 11.8 Å². The van der Waals surface area contributed by atoms with E-state index in [0.717, 1.165) is 6.54 Å². The molecule has 1 saturated carbocycles. The van der Waals surface area contributed by atoms with E-state index in [1.807, 2.05) is 16.7 Å². The smallest absolute Gasteiger partial charge is 0.312 e. The van der Waals surface area contributed by atoms with Crippen LogP contribution in [0.2, 0.25) is 0 Å². The Hall–Kier alpha value is -2.26. The molecule has 158 valence electrons. The molecule has 1 N–H and O–H groups in total. The highest BCUT2D eigenvalue weighted by molar-refractivity contribution is 5.80. The Labute approximate surface area is 170 Å². The number of carbonyl (C=O) groups is 2. The number of anilines is 1. The van der Waals surface area contributed by atoms with Gasteiger partial charge in [0, 0.05) is 63.6 Å². The number of fused-ring (bicyclic) bond motifs is 1. The summed E-state index contributed by atoms with van der Waals surface area (Å²) < 4.78 is 5.30. The molecule has 0 spiro atoms. The number of hydrogen-bond donors (Lipinski definition) is 1. The highest BCUT2D eigenvalue weighted by Crippen LogP contribution is 2.30. The second-order valence-corrected chi connectivity index (χ2v) is 8.16. The van der Waals surface area contributed by atoms with Gasteiger partial charge in [0.15, 0.2) is 0 Å². The van der Waals surface area contributed by atoms with E-state index in [-0.39, 0.29) is 35.9 Å². The van der Waals surface area contributed by atoms with Gasteiger partial charge >= 0.3 is 5.97 Å². The summed E-state index contributed by atoms with van der Waals surface area (Å²) >= 11 is 0. The van der Waals surface area contributed by atoms with Crippen LogP contribution in [0.3, 0.4) is 0 Å². The SMILES string of the molecule is CCOC(=O)[C@@H]1CN(c2ncccn2)C[C@H]2CN(C(=O)C3CC(O)C3)CCN2C1. The van der Waals surface area contributed by atoms with Gasteiger partial charge in [-0.05, 0) is 25.8 Å². The zero-order chi connectivity index (χ0) is 20.4. The van der Waals surface area contributed by atoms with Gasteiger partial charge in [0.2, 0.25) is 11.9 Å². The minimum Gasteiger partial charge on any atom is -0.466 e. The quantitative estimate of drug-likeness (QED) is 0.688. The van der Waals surface area contributed by atoms with E-state index in [0.29, 0.717) is 58.1 Å². The summed E-state index contributed by atoms with van der Waals surface area (Å²) in [4.78, 5) is 40.3. The lowest BCUT2D eigenvalue weighted by atomic mass is 9.81. The summed E-state index contributed by atoms with van der Waals surface area (Å²) in [7, 11) is 0. The lowest BCUT2D eigenvalue weighted by Crippen LogP contribution is -2.59. The topological polar surface area (TPSA) is 99.1 Å². The largest absolute Gasteiger partial charge is 0.466 e. The number of aliphatic hydroxyl groups is 1. The molecule has 3 heterocycles. The molecule has 4 rings (SSSR count). The first-order valence-corrected chi connectivity index (χ1v) is 10.4. The molecular weight excluding hydrogens is 374 g/mol. The van der Waals surface area contributed by atoms with Gasteiger partial charge in [-0.25, -0.2) is 9.97 Å². The average Bonchev–Trinajstić information content (AvgIpc) is 2.91. The fraction of sp³-hybridized carbons (Fsp3) is 0.700. The molecule has 1 aromatic rings. The number of rotatable bonds is 4. The molecule has 0 bridgehead atoms. The number of hydrogen-bond acceptors (Lipinski definition) is 8. The molecule has 2 aliphatic heterocycles. The number of nitrogens with zero attached hydrogens (tertiary/aromatic N) is 5. The van der Waals surface area contributed by atoms with E-state index < -0.39 is 0 Å². The molecule has 29 heavy (non-hydrogen) atoms. The van der Waals surface area contributed by atoms with Gasteiger partial charge in [-0.15, -0.1) is 0 Å². The number of carbonyl (C=O) groups excluding carboxylic acids is 2. The van der Waals surface area contributed by atoms with Crippen LogP contribution in [0.15, 0.2) is 18.5 Å². The molecule has 1 aromatic heterocycles. The Morgan fingerprint density at radius 2 is 1.86 bits per heavy atom. The van der Waals surface area contributed by atoms with Crippen molar-refractivity contribution in [3.05, 3.63) is 18.5 Å². The van der Waals surface area contributed by atoms with Gasteiger partial charge < -0.3 is 19.6 Å². The van der Waals surface area contributed by atoms with Crippen molar-refractivity contribution < 1.29 is 19.4 Å². The zero-order valence-electron chi connectivity index (χ0n) is 16.8. The second kappa shape index (κ2) is 8.62. The fourth-order valence-electron chi connectivity index (χ4n) is 4.52. The molecule has 1 aliphatic carbocycles. The Morgan fingerprint density at radius 3 is 2.55 bits per heavy atom. The maximum Gasteiger partial charge on any atom is 0.312 e. The lowest BCUT2D eigenvalue weighted by Gasteiger charge is -2.44. The van der Waals surface area contributed by atoms with Crippen molar-refractivity contribution in [2.45, 2.75) is 31.9 Å². The Bertz CT molecular complexity index is 727. The number of aliphatic hydroxyl groups excluding tert-OH is 1. The van der Waals surface area contributed by atoms with E-state index in [1.165, 1.54) is 0 Å². The van der Waals surface area contributed by atoms with Gasteiger partial charge in [0.05, 0.1) is 18.6 Å². The lowest BCUT2D eigenvalue weighted by molar-refractivity contribution is -0.150. The zero-order valence-corrected chi connectivity index (χ0v) is 16.8. The molecule has 1 amide bonds. The molecule has 9 nitrogen and oxygen atoms in total. The first-order chi connectivity index (χ1) is 14.0. The standard InChI is InChI=1S/C20H29N5O4/c1-2-29-19(28)15-10-23-6-7-24(18(27)14-8-17(26)9-14)12-16(23)13-25(11-15)20-21-4-3-5-22-20/h3-5,14-17,26H,2,6-13H2,1H3/t14?,15-,16+,17?/m0/s1. The third kappa shape index (κ3) is 4.35. The molecule has 0 radical (unpaired) electrons. The highest BCUT2D eigenvalue weighted by atomic mass is 16.5. The predicted molar refractivity (Wildman–Crippen MR) is 105 cm³/mol. The van der Waals surface area contributed by atoms with Gasteiger partial charge in [0.25, 0.3) is 0 Å². The number of amides is 1. The summed E-state index contributed by atoms with van der Waals surface area (Å²) in [6.07, 6.45) is 4.20. The highest BCUT2D eigenvalue weighted by Gasteiger charge is 2.41. The van der Waals surface area contributed by atoms with E-state index >= 15 is 0 Å². The minimum absolute atomic E-state index is 0.0526. The van der Waals surface area contributed by atoms with Crippen molar-refractivity contribution in [1.29, 1.82) is 0 Å². The van der Waals surface area contributed by atoms with Crippen molar-refractivity contribution in [3.63, 3.8) is 0 Å². The van der Waals surface area contributed by atoms with E-state index in [9.17, 15) is 14.7 Å². The summed E-state index contributed by atoms with van der Waals surface area (Å²) in [5.41, 5.74) is 0. The molecule has 2 saturated heterocycles. The van der Waals surface area contributed by atoms with Crippen LogP contribution < -0.4 is 4.90 Å². The summed E-state index contributed by atoms with van der Waals surface area (Å²) in [5.74, 6) is 0.199. The van der Waals surface area contributed by atoms with E-state index in [2.05, 4.69) is 14.9 Å². The van der Waals surface area contributed by atoms with Gasteiger partial charge in [-0.1, -0.05) is 0 Å². The van der Waals surface area contributed by atoms with Gasteiger partial charge in [0.1, 0.15) is 0 Å². The number of esters is 1. The van der Waals surface area contributed by atoms with Crippen molar-refractivity contribution in [3.8, 4) is 0 Å². The number of ether oxygens (including phenoxy) is 1. The number of aromatic nitrogens is 2. The third-order valence-corrected chi connectivity index (χ3v) is 6.16. The van der Waals surface area contributed by atoms with Crippen LogP contribution in [-0.2, 0) is 14.3 Å². The normalized spacial score (nSPS) is 30.1. The van der Waals surface area contributed by atoms with Crippen LogP contribution in [0.4, 0.5) is 5.95 Å². The first kappa shape index (κ1) is 20.0. The molecule has 0 aromatic carbocycles. The minimum atomic E-state index is -0.334. The fourth-order valence-corrected chi connectivity index (χ4v) is 4.52. The molecule has 0 unspecified atom stereocenters. The Morgan fingerprint density at radius 1 is 1.10 bits per heavy atom. The molecule has 3 fully saturated rings. The number of piperazine rings is 1. The van der Waals surface area contributed by atoms with E-state index in [4.69, 9.17) is 4.74 Å². The van der Waals surface area contributed by atoms with Gasteiger partial charge in [-0.3, -0.25) is 14.5 Å². The summed E-state index contributed by atoms with van der Waals surface area (Å²) in [6.45, 7) is 5.93. The van der Waals surface area contributed by atoms with Crippen molar-refractivity contribution in [1.82, 2.24) is 19.8 Å². The maximum atomic E-state index is 12.8. The Kier molecular flexibility index (Phi) is 5.96. The average molecular weight is 403 g/mol. The Balaban J connectivity index is 1.50. The second-order valence-electron chi connectivity index (χ2n) is 8.16. The van der Waals surface area contributed by atoms with Crippen molar-refractivity contribution >= 4 is 17.8 Å². The van der Waals surface area contributed by atoms with E-state index in [1.54, 1.807) is 18.5 Å². The van der Waals surface area contributed by atoms with Crippen LogP contribution in [0.25, 0.3) is 0 Å². The summed E-state index contributed by atoms with van der Waals surface area (Å²) in [6, 6.07) is 1.87. The van der Waals surface area contributed by atoms with Gasteiger partial charge in [-0.2, -0.15) is 0 Å². The molecule has 3 aliphatic rings. The monoisotopic (exact) mass is 403 g/mol. The molecular formula is C20H29N5O4. The maximum absolute atomic E-state index is 12.8.